The van der Waals surface area contributed by atoms with E-state index in [0.29, 0.717) is 41.5 Å². The molecule has 0 saturated carbocycles. The third-order valence-electron chi connectivity index (χ3n) is 4.81. The first-order valence-corrected chi connectivity index (χ1v) is 10.4. The molecule has 0 aliphatic rings. The Morgan fingerprint density at radius 1 is 1.16 bits per heavy atom. The maximum Gasteiger partial charge on any atom is 0.251 e. The minimum atomic E-state index is -0.260. The number of pyridine rings is 1. The molecule has 3 rings (SSSR count). The Balaban J connectivity index is 1.64. The molecule has 32 heavy (non-hydrogen) atoms. The Labute approximate surface area is 187 Å². The molecule has 0 aliphatic heterocycles. The van der Waals surface area contributed by atoms with Crippen molar-refractivity contribution in [2.24, 2.45) is 0 Å². The highest BCUT2D eigenvalue weighted by molar-refractivity contribution is 5.96. The number of aliphatic hydroxyl groups is 1. The van der Waals surface area contributed by atoms with Gasteiger partial charge in [0, 0.05) is 30.0 Å². The maximum absolute atomic E-state index is 12.7. The number of ether oxygens (including phenoxy) is 3. The lowest BCUT2D eigenvalue weighted by molar-refractivity contribution is 0.0926. The molecule has 1 atom stereocenters. The number of aromatic nitrogens is 1. The lowest BCUT2D eigenvalue weighted by atomic mass is 10.1. The number of nitrogens with one attached hydrogen (secondary N) is 1. The number of nitrogens with zero attached hydrogens (tertiary/aromatic N) is 1. The van der Waals surface area contributed by atoms with Crippen LogP contribution in [0.25, 0.3) is 10.9 Å². The van der Waals surface area contributed by atoms with Crippen LogP contribution in [0.3, 0.4) is 0 Å². The molecule has 8 nitrogen and oxygen atoms in total. The van der Waals surface area contributed by atoms with Gasteiger partial charge in [0.1, 0.15) is 12.4 Å². The summed E-state index contributed by atoms with van der Waals surface area (Å²) < 4.78 is 16.9. The van der Waals surface area contributed by atoms with Crippen LogP contribution in [0.5, 0.6) is 17.2 Å². The van der Waals surface area contributed by atoms with Gasteiger partial charge < -0.3 is 30.4 Å². The fourth-order valence-corrected chi connectivity index (χ4v) is 3.28. The Kier molecular flexibility index (Phi) is 7.72. The lowest BCUT2D eigenvalue weighted by Crippen LogP contribution is -2.36. The van der Waals surface area contributed by atoms with Gasteiger partial charge in [0.15, 0.2) is 11.5 Å². The lowest BCUT2D eigenvalue weighted by Gasteiger charge is -2.17. The molecule has 0 bridgehead atoms. The van der Waals surface area contributed by atoms with Crippen molar-refractivity contribution in [3.63, 3.8) is 0 Å². The number of anilines is 1. The smallest absolute Gasteiger partial charge is 0.251 e. The van der Waals surface area contributed by atoms with Crippen molar-refractivity contribution in [2.75, 3.05) is 32.7 Å². The topological polar surface area (TPSA) is 116 Å². The Hall–Kier alpha value is -3.52. The number of hydrogen-bond acceptors (Lipinski definition) is 7. The minimum absolute atomic E-state index is 0.0459. The van der Waals surface area contributed by atoms with E-state index in [9.17, 15) is 4.79 Å². The molecule has 0 spiro atoms. The number of amides is 1. The molecule has 8 heteroatoms. The zero-order valence-corrected chi connectivity index (χ0v) is 18.6. The van der Waals surface area contributed by atoms with Crippen LogP contribution in [-0.4, -0.2) is 49.0 Å². The molecular weight excluding hydrogens is 410 g/mol. The van der Waals surface area contributed by atoms with E-state index in [2.05, 4.69) is 10.3 Å². The molecule has 0 radical (unpaired) electrons. The van der Waals surface area contributed by atoms with Gasteiger partial charge in [-0.05, 0) is 50.2 Å². The van der Waals surface area contributed by atoms with Crippen molar-refractivity contribution in [3.05, 3.63) is 53.7 Å². The van der Waals surface area contributed by atoms with Gasteiger partial charge in [-0.25, -0.2) is 0 Å². The highest BCUT2D eigenvalue weighted by atomic mass is 16.5. The SMILES string of the molecule is COc1cc(C(=O)N[C@@H](C)COc2cccc3nc(C)cc(N)c23)ccc1OCCCO. The first kappa shape index (κ1) is 23.1. The second kappa shape index (κ2) is 10.7. The summed E-state index contributed by atoms with van der Waals surface area (Å²) in [7, 11) is 1.51. The average Bonchev–Trinajstić information content (AvgIpc) is 2.77. The van der Waals surface area contributed by atoms with Gasteiger partial charge in [0.05, 0.1) is 30.7 Å². The number of benzene rings is 2. The van der Waals surface area contributed by atoms with Gasteiger partial charge >= 0.3 is 0 Å². The first-order valence-electron chi connectivity index (χ1n) is 10.4. The number of aryl methyl sites for hydroxylation is 1. The van der Waals surface area contributed by atoms with E-state index in [1.807, 2.05) is 38.1 Å². The maximum atomic E-state index is 12.7. The van der Waals surface area contributed by atoms with E-state index in [1.54, 1.807) is 18.2 Å². The van der Waals surface area contributed by atoms with Crippen molar-refractivity contribution >= 4 is 22.5 Å². The van der Waals surface area contributed by atoms with Crippen LogP contribution >= 0.6 is 0 Å². The summed E-state index contributed by atoms with van der Waals surface area (Å²) in [6.45, 7) is 4.42. The molecule has 1 amide bonds. The Morgan fingerprint density at radius 3 is 2.72 bits per heavy atom. The number of rotatable bonds is 10. The van der Waals surface area contributed by atoms with E-state index in [4.69, 9.17) is 25.1 Å². The van der Waals surface area contributed by atoms with Crippen LogP contribution in [0.15, 0.2) is 42.5 Å². The summed E-state index contributed by atoms with van der Waals surface area (Å²) in [4.78, 5) is 17.2. The number of aliphatic hydroxyl groups excluding tert-OH is 1. The number of fused-ring (bicyclic) bond motifs is 1. The predicted octanol–water partition coefficient (Wildman–Crippen LogP) is 3.09. The fourth-order valence-electron chi connectivity index (χ4n) is 3.28. The molecule has 2 aromatic carbocycles. The second-order valence-corrected chi connectivity index (χ2v) is 7.48. The quantitative estimate of drug-likeness (QED) is 0.416. The highest BCUT2D eigenvalue weighted by Crippen LogP contribution is 2.30. The summed E-state index contributed by atoms with van der Waals surface area (Å²) in [5.74, 6) is 1.34. The molecule has 0 aliphatic carbocycles. The van der Waals surface area contributed by atoms with E-state index in [-0.39, 0.29) is 25.2 Å². The van der Waals surface area contributed by atoms with Crippen LogP contribution in [-0.2, 0) is 0 Å². The van der Waals surface area contributed by atoms with Crippen molar-refractivity contribution < 1.29 is 24.1 Å². The Morgan fingerprint density at radius 2 is 1.97 bits per heavy atom. The molecule has 1 aromatic heterocycles. The summed E-state index contributed by atoms with van der Waals surface area (Å²) in [6.07, 6.45) is 0.515. The number of carbonyl (C=O) groups excluding carboxylic acids is 1. The van der Waals surface area contributed by atoms with Gasteiger partial charge in [-0.2, -0.15) is 0 Å². The van der Waals surface area contributed by atoms with Crippen molar-refractivity contribution in [1.29, 1.82) is 0 Å². The molecule has 0 saturated heterocycles. The second-order valence-electron chi connectivity index (χ2n) is 7.48. The predicted molar refractivity (Wildman–Crippen MR) is 124 cm³/mol. The summed E-state index contributed by atoms with van der Waals surface area (Å²) in [5.41, 5.74) is 8.83. The standard InChI is InChI=1S/C24H29N3O5/c1-15-12-18(25)23-19(26-15)6-4-7-21(23)32-14-16(2)27-24(29)17-8-9-20(22(13-17)30-3)31-11-5-10-28/h4,6-9,12-13,16,28H,5,10-11,14H2,1-3H3,(H2,25,26)(H,27,29)/t16-/m0/s1. The van der Waals surface area contributed by atoms with Crippen molar-refractivity contribution in [1.82, 2.24) is 10.3 Å². The first-order chi connectivity index (χ1) is 15.4. The third kappa shape index (κ3) is 5.59. The summed E-state index contributed by atoms with van der Waals surface area (Å²) >= 11 is 0. The number of nitrogen functional groups attached to an aromatic ring is 1. The van der Waals surface area contributed by atoms with Crippen LogP contribution in [0.2, 0.25) is 0 Å². The monoisotopic (exact) mass is 439 g/mol. The molecule has 0 fully saturated rings. The van der Waals surface area contributed by atoms with Gasteiger partial charge in [0.25, 0.3) is 5.91 Å². The zero-order chi connectivity index (χ0) is 23.1. The summed E-state index contributed by atoms with van der Waals surface area (Å²) in [6, 6.07) is 12.1. The van der Waals surface area contributed by atoms with Crippen molar-refractivity contribution in [2.45, 2.75) is 26.3 Å². The van der Waals surface area contributed by atoms with Gasteiger partial charge in [-0.3, -0.25) is 9.78 Å². The number of carbonyl (C=O) groups is 1. The van der Waals surface area contributed by atoms with E-state index in [0.717, 1.165) is 16.6 Å². The molecule has 4 N–H and O–H groups in total. The van der Waals surface area contributed by atoms with Crippen LogP contribution in [0, 0.1) is 6.92 Å². The molecule has 0 unspecified atom stereocenters. The summed E-state index contributed by atoms with van der Waals surface area (Å²) in [5, 5.41) is 12.6. The van der Waals surface area contributed by atoms with E-state index < -0.39 is 0 Å². The zero-order valence-electron chi connectivity index (χ0n) is 18.6. The van der Waals surface area contributed by atoms with Crippen LogP contribution in [0.4, 0.5) is 5.69 Å². The molecule has 170 valence electrons. The molecule has 3 aromatic rings. The number of hydrogen-bond donors (Lipinski definition) is 3. The van der Waals surface area contributed by atoms with Crippen molar-refractivity contribution in [3.8, 4) is 17.2 Å². The van der Waals surface area contributed by atoms with Crippen LogP contribution < -0.4 is 25.3 Å². The van der Waals surface area contributed by atoms with Gasteiger partial charge in [-0.15, -0.1) is 0 Å². The number of methoxy groups -OCH3 is 1. The Bertz CT molecular complexity index is 1090. The molecular formula is C24H29N3O5. The van der Waals surface area contributed by atoms with Crippen LogP contribution in [0.1, 0.15) is 29.4 Å². The fraction of sp³-hybridized carbons (Fsp3) is 0.333. The third-order valence-corrected chi connectivity index (χ3v) is 4.81. The minimum Gasteiger partial charge on any atom is -0.493 e. The van der Waals surface area contributed by atoms with Gasteiger partial charge in [-0.1, -0.05) is 6.07 Å². The van der Waals surface area contributed by atoms with Gasteiger partial charge in [0.2, 0.25) is 0 Å². The number of nitrogens with two attached hydrogens (primary N) is 1. The normalized spacial score (nSPS) is 11.8. The largest absolute Gasteiger partial charge is 0.493 e. The highest BCUT2D eigenvalue weighted by Gasteiger charge is 2.15. The van der Waals surface area contributed by atoms with E-state index >= 15 is 0 Å². The average molecular weight is 440 g/mol. The molecule has 1 heterocycles. The van der Waals surface area contributed by atoms with E-state index in [1.165, 1.54) is 7.11 Å².